The van der Waals surface area contributed by atoms with Crippen LogP contribution in [-0.4, -0.2) is 23.1 Å². The molecule has 1 heterocycles. The van der Waals surface area contributed by atoms with Gasteiger partial charge in [-0.15, -0.1) is 0 Å². The zero-order chi connectivity index (χ0) is 20.1. The average Bonchev–Trinajstić information content (AvgIpc) is 3.07. The van der Waals surface area contributed by atoms with Crippen molar-refractivity contribution in [1.82, 2.24) is 10.3 Å². The minimum Gasteiger partial charge on any atom is -0.496 e. The summed E-state index contributed by atoms with van der Waals surface area (Å²) in [5.41, 5.74) is 2.51. The van der Waals surface area contributed by atoms with E-state index in [0.29, 0.717) is 21.5 Å². The number of aromatic nitrogens is 1. The van der Waals surface area contributed by atoms with Crippen LogP contribution in [0, 0.1) is 0 Å². The average molecular weight is 434 g/mol. The van der Waals surface area contributed by atoms with Crippen LogP contribution in [0.5, 0.6) is 5.75 Å². The second-order valence-corrected chi connectivity index (χ2v) is 8.05. The number of thiazole rings is 1. The standard InChI is InChI=1S/C20H20ClN3O2S2/c1-3-4-5-12-6-8-15-17(10-12)28-20(22-15)24-19(27)23-18(25)14-11-13(21)7-9-16(14)26-2/h6-11H,3-5H2,1-2H3,(H2,22,23,24,25,27). The first-order valence-corrected chi connectivity index (χ1v) is 10.5. The van der Waals surface area contributed by atoms with Crippen LogP contribution < -0.4 is 15.4 Å². The van der Waals surface area contributed by atoms with Gasteiger partial charge in [-0.2, -0.15) is 0 Å². The Labute approximate surface area is 178 Å². The van der Waals surface area contributed by atoms with E-state index >= 15 is 0 Å². The Morgan fingerprint density at radius 2 is 2.11 bits per heavy atom. The second-order valence-electron chi connectivity index (χ2n) is 6.18. The molecule has 2 N–H and O–H groups in total. The molecule has 146 valence electrons. The quantitative estimate of drug-likeness (QED) is 0.507. The van der Waals surface area contributed by atoms with E-state index in [4.69, 9.17) is 28.6 Å². The van der Waals surface area contributed by atoms with Crippen molar-refractivity contribution < 1.29 is 9.53 Å². The van der Waals surface area contributed by atoms with Gasteiger partial charge in [-0.1, -0.05) is 42.3 Å². The number of amides is 1. The number of aryl methyl sites for hydroxylation is 1. The van der Waals surface area contributed by atoms with Gasteiger partial charge in [-0.3, -0.25) is 10.1 Å². The summed E-state index contributed by atoms with van der Waals surface area (Å²) in [6.45, 7) is 2.18. The summed E-state index contributed by atoms with van der Waals surface area (Å²) < 4.78 is 6.29. The lowest BCUT2D eigenvalue weighted by molar-refractivity contribution is 0.0975. The number of nitrogens with zero attached hydrogens (tertiary/aromatic N) is 1. The molecule has 0 unspecified atom stereocenters. The molecule has 0 spiro atoms. The highest BCUT2D eigenvalue weighted by molar-refractivity contribution is 7.80. The number of methoxy groups -OCH3 is 1. The molecule has 1 amide bonds. The number of carbonyl (C=O) groups excluding carboxylic acids is 1. The lowest BCUT2D eigenvalue weighted by Crippen LogP contribution is -2.34. The Bertz CT molecular complexity index is 1020. The molecule has 0 bridgehead atoms. The van der Waals surface area contributed by atoms with Gasteiger partial charge in [0.1, 0.15) is 5.75 Å². The van der Waals surface area contributed by atoms with E-state index in [1.54, 1.807) is 12.1 Å². The predicted molar refractivity (Wildman–Crippen MR) is 120 cm³/mol. The summed E-state index contributed by atoms with van der Waals surface area (Å²) >= 11 is 12.7. The van der Waals surface area contributed by atoms with Gasteiger partial charge in [0.05, 0.1) is 22.9 Å². The molecule has 3 rings (SSSR count). The number of fused-ring (bicyclic) bond motifs is 1. The van der Waals surface area contributed by atoms with E-state index in [2.05, 4.69) is 34.7 Å². The number of ether oxygens (including phenoxy) is 1. The molecule has 0 aliphatic carbocycles. The van der Waals surface area contributed by atoms with E-state index in [-0.39, 0.29) is 5.11 Å². The zero-order valence-electron chi connectivity index (χ0n) is 15.5. The summed E-state index contributed by atoms with van der Waals surface area (Å²) in [6.07, 6.45) is 3.39. The Balaban J connectivity index is 1.69. The number of hydrogen-bond acceptors (Lipinski definition) is 5. The maximum atomic E-state index is 12.5. The van der Waals surface area contributed by atoms with Crippen LogP contribution in [0.25, 0.3) is 10.2 Å². The lowest BCUT2D eigenvalue weighted by Gasteiger charge is -2.10. The summed E-state index contributed by atoms with van der Waals surface area (Å²) in [7, 11) is 1.49. The molecular formula is C20H20ClN3O2S2. The predicted octanol–water partition coefficient (Wildman–Crippen LogP) is 5.43. The Hall–Kier alpha value is -2.22. The van der Waals surface area contributed by atoms with Crippen LogP contribution in [0.1, 0.15) is 35.7 Å². The van der Waals surface area contributed by atoms with E-state index in [9.17, 15) is 4.79 Å². The van der Waals surface area contributed by atoms with Crippen LogP contribution >= 0.6 is 35.2 Å². The second kappa shape index (κ2) is 9.32. The summed E-state index contributed by atoms with van der Waals surface area (Å²) in [4.78, 5) is 17.0. The third-order valence-electron chi connectivity index (χ3n) is 4.13. The molecule has 2 aromatic carbocycles. The Kier molecular flexibility index (Phi) is 6.83. The molecule has 0 radical (unpaired) electrons. The molecular weight excluding hydrogens is 414 g/mol. The topological polar surface area (TPSA) is 63.2 Å². The van der Waals surface area contributed by atoms with Gasteiger partial charge in [-0.05, 0) is 61.0 Å². The number of hydrogen-bond donors (Lipinski definition) is 2. The molecule has 3 aromatic rings. The molecule has 0 aliphatic rings. The fourth-order valence-corrected chi connectivity index (χ4v) is 4.08. The van der Waals surface area contributed by atoms with Crippen molar-refractivity contribution in [1.29, 1.82) is 0 Å². The minimum absolute atomic E-state index is 0.164. The van der Waals surface area contributed by atoms with Gasteiger partial charge in [0, 0.05) is 5.02 Å². The van der Waals surface area contributed by atoms with Crippen molar-refractivity contribution in [2.24, 2.45) is 0 Å². The van der Waals surface area contributed by atoms with Gasteiger partial charge in [0.15, 0.2) is 10.2 Å². The molecule has 0 saturated carbocycles. The maximum Gasteiger partial charge on any atom is 0.261 e. The number of carbonyl (C=O) groups is 1. The molecule has 0 atom stereocenters. The van der Waals surface area contributed by atoms with Crippen LogP contribution in [0.3, 0.4) is 0 Å². The highest BCUT2D eigenvalue weighted by Gasteiger charge is 2.15. The SMILES string of the molecule is CCCCc1ccc2nc(NC(=S)NC(=O)c3cc(Cl)ccc3OC)sc2c1. The smallest absolute Gasteiger partial charge is 0.261 e. The normalized spacial score (nSPS) is 10.7. The van der Waals surface area contributed by atoms with Crippen molar-refractivity contribution in [2.45, 2.75) is 26.2 Å². The number of nitrogens with one attached hydrogen (secondary N) is 2. The largest absolute Gasteiger partial charge is 0.496 e. The Morgan fingerprint density at radius 3 is 2.86 bits per heavy atom. The van der Waals surface area contributed by atoms with E-state index in [1.165, 1.54) is 42.9 Å². The molecule has 0 saturated heterocycles. The minimum atomic E-state index is -0.403. The van der Waals surface area contributed by atoms with Crippen molar-refractivity contribution in [3.8, 4) is 5.75 Å². The highest BCUT2D eigenvalue weighted by Crippen LogP contribution is 2.27. The zero-order valence-corrected chi connectivity index (χ0v) is 17.9. The lowest BCUT2D eigenvalue weighted by atomic mass is 10.1. The third kappa shape index (κ3) is 4.98. The van der Waals surface area contributed by atoms with Gasteiger partial charge in [0.2, 0.25) is 0 Å². The fourth-order valence-electron chi connectivity index (χ4n) is 2.72. The summed E-state index contributed by atoms with van der Waals surface area (Å²) in [6, 6.07) is 11.1. The van der Waals surface area contributed by atoms with E-state index in [1.807, 2.05) is 6.07 Å². The number of unbranched alkanes of at least 4 members (excludes halogenated alkanes) is 1. The Morgan fingerprint density at radius 1 is 1.29 bits per heavy atom. The first-order chi connectivity index (χ1) is 13.5. The van der Waals surface area contributed by atoms with Crippen LogP contribution in [0.15, 0.2) is 36.4 Å². The van der Waals surface area contributed by atoms with Gasteiger partial charge < -0.3 is 10.1 Å². The molecule has 0 fully saturated rings. The third-order valence-corrected chi connectivity index (χ3v) is 5.50. The number of thiocarbonyl (C=S) groups is 1. The number of halogens is 1. The molecule has 5 nitrogen and oxygen atoms in total. The molecule has 0 aliphatic heterocycles. The summed E-state index contributed by atoms with van der Waals surface area (Å²) in [5, 5.41) is 6.85. The maximum absolute atomic E-state index is 12.5. The first-order valence-electron chi connectivity index (χ1n) is 8.85. The van der Waals surface area contributed by atoms with Crippen molar-refractivity contribution in [2.75, 3.05) is 12.4 Å². The molecule has 1 aromatic heterocycles. The first kappa shape index (κ1) is 20.5. The monoisotopic (exact) mass is 433 g/mol. The van der Waals surface area contributed by atoms with E-state index in [0.717, 1.165) is 16.6 Å². The fraction of sp³-hybridized carbons (Fsp3) is 0.250. The van der Waals surface area contributed by atoms with E-state index < -0.39 is 5.91 Å². The highest BCUT2D eigenvalue weighted by atomic mass is 35.5. The van der Waals surface area contributed by atoms with Crippen LogP contribution in [-0.2, 0) is 6.42 Å². The van der Waals surface area contributed by atoms with Gasteiger partial charge in [0.25, 0.3) is 5.91 Å². The van der Waals surface area contributed by atoms with Gasteiger partial charge in [-0.25, -0.2) is 4.98 Å². The number of benzene rings is 2. The van der Waals surface area contributed by atoms with Crippen molar-refractivity contribution >= 4 is 61.5 Å². The van der Waals surface area contributed by atoms with Crippen molar-refractivity contribution in [3.63, 3.8) is 0 Å². The van der Waals surface area contributed by atoms with Crippen LogP contribution in [0.4, 0.5) is 5.13 Å². The molecule has 8 heteroatoms. The summed E-state index contributed by atoms with van der Waals surface area (Å²) in [5.74, 6) is 0.0177. The van der Waals surface area contributed by atoms with Gasteiger partial charge >= 0.3 is 0 Å². The van der Waals surface area contributed by atoms with Crippen LogP contribution in [0.2, 0.25) is 5.02 Å². The number of anilines is 1. The number of rotatable bonds is 6. The van der Waals surface area contributed by atoms with Crippen molar-refractivity contribution in [3.05, 3.63) is 52.5 Å². The molecule has 28 heavy (non-hydrogen) atoms.